The summed E-state index contributed by atoms with van der Waals surface area (Å²) in [5.74, 6) is 3.39. The van der Waals surface area contributed by atoms with Crippen molar-refractivity contribution in [3.05, 3.63) is 29.8 Å². The van der Waals surface area contributed by atoms with Crippen LogP contribution >= 0.6 is 11.8 Å². The van der Waals surface area contributed by atoms with Gasteiger partial charge in [0.1, 0.15) is 0 Å². The van der Waals surface area contributed by atoms with Gasteiger partial charge in [-0.25, -0.2) is 0 Å². The van der Waals surface area contributed by atoms with Gasteiger partial charge >= 0.3 is 0 Å². The largest absolute Gasteiger partial charge is 0.385 e. The van der Waals surface area contributed by atoms with Crippen LogP contribution in [0.3, 0.4) is 0 Å². The number of anilines is 1. The van der Waals surface area contributed by atoms with Crippen molar-refractivity contribution in [2.75, 3.05) is 23.4 Å². The van der Waals surface area contributed by atoms with Crippen LogP contribution in [0, 0.1) is 17.2 Å². The van der Waals surface area contributed by atoms with Gasteiger partial charge in [0.25, 0.3) is 0 Å². The third-order valence-corrected chi connectivity index (χ3v) is 3.98. The molecule has 0 atom stereocenters. The van der Waals surface area contributed by atoms with E-state index in [-0.39, 0.29) is 0 Å². The van der Waals surface area contributed by atoms with E-state index in [1.165, 1.54) is 24.3 Å². The van der Waals surface area contributed by atoms with Crippen LogP contribution in [0.2, 0.25) is 0 Å². The highest BCUT2D eigenvalue weighted by molar-refractivity contribution is 7.99. The lowest BCUT2D eigenvalue weighted by Crippen LogP contribution is -2.19. The fourth-order valence-electron chi connectivity index (χ4n) is 1.91. The van der Waals surface area contributed by atoms with E-state index in [9.17, 15) is 0 Å². The Bertz CT molecular complexity index is 378. The van der Waals surface area contributed by atoms with E-state index < -0.39 is 0 Å². The molecule has 0 aromatic heterocycles. The zero-order valence-corrected chi connectivity index (χ0v) is 10.1. The van der Waals surface area contributed by atoms with Crippen LogP contribution in [0.15, 0.2) is 24.3 Å². The Kier molecular flexibility index (Phi) is 4.12. The smallest absolute Gasteiger partial charge is 0.0992 e. The topological polar surface area (TPSA) is 35.8 Å². The summed E-state index contributed by atoms with van der Waals surface area (Å²) >= 11 is 2.06. The summed E-state index contributed by atoms with van der Waals surface area (Å²) in [6, 6.07) is 9.87. The van der Waals surface area contributed by atoms with Crippen LogP contribution in [0.4, 0.5) is 5.69 Å². The molecule has 1 aliphatic rings. The highest BCUT2D eigenvalue weighted by Crippen LogP contribution is 2.23. The van der Waals surface area contributed by atoms with Crippen molar-refractivity contribution < 1.29 is 0 Å². The molecule has 84 valence electrons. The van der Waals surface area contributed by atoms with E-state index in [2.05, 4.69) is 23.1 Å². The van der Waals surface area contributed by atoms with Gasteiger partial charge in [-0.15, -0.1) is 0 Å². The number of hydrogen-bond donors (Lipinski definition) is 1. The number of benzene rings is 1. The van der Waals surface area contributed by atoms with Crippen molar-refractivity contribution in [3.8, 4) is 6.07 Å². The first-order chi connectivity index (χ1) is 7.88. The Balaban J connectivity index is 1.86. The monoisotopic (exact) mass is 232 g/mol. The Morgan fingerprint density at radius 2 is 2.19 bits per heavy atom. The number of hydrogen-bond acceptors (Lipinski definition) is 3. The molecule has 0 amide bonds. The minimum absolute atomic E-state index is 0.726. The van der Waals surface area contributed by atoms with E-state index >= 15 is 0 Å². The molecular weight excluding hydrogens is 216 g/mol. The molecule has 0 bridgehead atoms. The standard InChI is InChI=1S/C13H16N2S/c14-9-12-2-1-3-13(8-12)15-10-11-4-6-16-7-5-11/h1-3,8,11,15H,4-7,10H2. The van der Waals surface area contributed by atoms with Gasteiger partial charge in [0.05, 0.1) is 11.6 Å². The van der Waals surface area contributed by atoms with Gasteiger partial charge in [-0.1, -0.05) is 6.07 Å². The zero-order chi connectivity index (χ0) is 11.2. The SMILES string of the molecule is N#Cc1cccc(NCC2CCSCC2)c1. The van der Waals surface area contributed by atoms with E-state index in [0.717, 1.165) is 23.7 Å². The third-order valence-electron chi connectivity index (χ3n) is 2.93. The number of nitriles is 1. The van der Waals surface area contributed by atoms with E-state index in [4.69, 9.17) is 5.26 Å². The Hall–Kier alpha value is -1.14. The second-order valence-electron chi connectivity index (χ2n) is 4.13. The van der Waals surface area contributed by atoms with E-state index in [1.54, 1.807) is 0 Å². The van der Waals surface area contributed by atoms with Crippen molar-refractivity contribution in [2.45, 2.75) is 12.8 Å². The molecule has 0 unspecified atom stereocenters. The van der Waals surface area contributed by atoms with Gasteiger partial charge in [-0.3, -0.25) is 0 Å². The third kappa shape index (κ3) is 3.18. The summed E-state index contributed by atoms with van der Waals surface area (Å²) in [7, 11) is 0. The van der Waals surface area contributed by atoms with Gasteiger partial charge in [0.2, 0.25) is 0 Å². The molecule has 2 rings (SSSR count). The van der Waals surface area contributed by atoms with E-state index in [1.807, 2.05) is 24.3 Å². The summed E-state index contributed by atoms with van der Waals surface area (Å²) in [5.41, 5.74) is 1.79. The second-order valence-corrected chi connectivity index (χ2v) is 5.35. The quantitative estimate of drug-likeness (QED) is 0.869. The first-order valence-corrected chi connectivity index (χ1v) is 6.86. The van der Waals surface area contributed by atoms with Gasteiger partial charge in [-0.2, -0.15) is 17.0 Å². The Morgan fingerprint density at radius 3 is 2.94 bits per heavy atom. The summed E-state index contributed by atoms with van der Waals surface area (Å²) in [6.45, 7) is 1.04. The molecule has 3 heteroatoms. The van der Waals surface area contributed by atoms with Gasteiger partial charge in [-0.05, 0) is 48.5 Å². The summed E-state index contributed by atoms with van der Waals surface area (Å²) in [4.78, 5) is 0. The fraction of sp³-hybridized carbons (Fsp3) is 0.462. The number of thioether (sulfide) groups is 1. The normalized spacial score (nSPS) is 16.7. The van der Waals surface area contributed by atoms with Gasteiger partial charge in [0.15, 0.2) is 0 Å². The minimum atomic E-state index is 0.726. The van der Waals surface area contributed by atoms with Gasteiger partial charge < -0.3 is 5.32 Å². The van der Waals surface area contributed by atoms with Crippen molar-refractivity contribution in [1.82, 2.24) is 0 Å². The molecule has 1 N–H and O–H groups in total. The summed E-state index contributed by atoms with van der Waals surface area (Å²) in [6.07, 6.45) is 2.63. The Labute approximate surface area is 101 Å². The maximum atomic E-state index is 8.80. The molecule has 1 aromatic rings. The highest BCUT2D eigenvalue weighted by Gasteiger charge is 2.12. The zero-order valence-electron chi connectivity index (χ0n) is 9.28. The average molecular weight is 232 g/mol. The molecule has 1 aliphatic heterocycles. The van der Waals surface area contributed by atoms with Crippen LogP contribution in [0.25, 0.3) is 0 Å². The summed E-state index contributed by atoms with van der Waals surface area (Å²) < 4.78 is 0. The lowest BCUT2D eigenvalue weighted by Gasteiger charge is -2.22. The van der Waals surface area contributed by atoms with Crippen molar-refractivity contribution >= 4 is 17.4 Å². The molecule has 1 aromatic carbocycles. The molecule has 0 aliphatic carbocycles. The lowest BCUT2D eigenvalue weighted by molar-refractivity contribution is 0.516. The number of nitrogens with one attached hydrogen (secondary N) is 1. The number of nitrogens with zero attached hydrogens (tertiary/aromatic N) is 1. The van der Waals surface area contributed by atoms with Crippen molar-refractivity contribution in [2.24, 2.45) is 5.92 Å². The van der Waals surface area contributed by atoms with Crippen LogP contribution < -0.4 is 5.32 Å². The molecule has 1 fully saturated rings. The molecule has 0 saturated carbocycles. The maximum absolute atomic E-state index is 8.80. The molecule has 2 nitrogen and oxygen atoms in total. The molecule has 0 radical (unpaired) electrons. The first kappa shape index (κ1) is 11.3. The molecule has 1 heterocycles. The Morgan fingerprint density at radius 1 is 1.38 bits per heavy atom. The van der Waals surface area contributed by atoms with Gasteiger partial charge in [0, 0.05) is 12.2 Å². The predicted octanol–water partition coefficient (Wildman–Crippen LogP) is 3.11. The number of rotatable bonds is 3. The highest BCUT2D eigenvalue weighted by atomic mass is 32.2. The van der Waals surface area contributed by atoms with Crippen LogP contribution in [-0.2, 0) is 0 Å². The molecular formula is C13H16N2S. The predicted molar refractivity (Wildman–Crippen MR) is 69.7 cm³/mol. The van der Waals surface area contributed by atoms with Crippen LogP contribution in [0.5, 0.6) is 0 Å². The summed E-state index contributed by atoms with van der Waals surface area (Å²) in [5, 5.41) is 12.2. The fourth-order valence-corrected chi connectivity index (χ4v) is 3.12. The molecule has 1 saturated heterocycles. The van der Waals surface area contributed by atoms with Crippen molar-refractivity contribution in [1.29, 1.82) is 5.26 Å². The minimum Gasteiger partial charge on any atom is -0.385 e. The second kappa shape index (κ2) is 5.81. The van der Waals surface area contributed by atoms with E-state index in [0.29, 0.717) is 0 Å². The van der Waals surface area contributed by atoms with Crippen LogP contribution in [-0.4, -0.2) is 18.1 Å². The maximum Gasteiger partial charge on any atom is 0.0992 e. The first-order valence-electron chi connectivity index (χ1n) is 5.70. The average Bonchev–Trinajstić information content (AvgIpc) is 2.38. The molecule has 0 spiro atoms. The van der Waals surface area contributed by atoms with Crippen molar-refractivity contribution in [3.63, 3.8) is 0 Å². The molecule has 16 heavy (non-hydrogen) atoms. The van der Waals surface area contributed by atoms with Crippen LogP contribution in [0.1, 0.15) is 18.4 Å². The lowest BCUT2D eigenvalue weighted by atomic mass is 10.0.